The molecule has 40 heavy (non-hydrogen) atoms. The number of hydrogen-bond donors (Lipinski definition) is 0. The first-order valence-electron chi connectivity index (χ1n) is 12.0. The number of nitrogens with zero attached hydrogens (tertiary/aromatic N) is 4. The number of benzene rings is 2. The van der Waals surface area contributed by atoms with Crippen LogP contribution in [0.2, 0.25) is 5.02 Å². The molecule has 1 aliphatic heterocycles. The molecule has 0 saturated carbocycles. The maximum Gasteiger partial charge on any atom is 0.274 e. The Balaban J connectivity index is 2.07. The van der Waals surface area contributed by atoms with Gasteiger partial charge in [0.05, 0.1) is 33.6 Å². The lowest BCUT2D eigenvalue weighted by atomic mass is 9.82. The summed E-state index contributed by atoms with van der Waals surface area (Å²) in [4.78, 5) is 34.6. The summed E-state index contributed by atoms with van der Waals surface area (Å²) in [5.41, 5.74) is -1.33. The van der Waals surface area contributed by atoms with E-state index < -0.39 is 21.5 Å². The van der Waals surface area contributed by atoms with Crippen molar-refractivity contribution in [2.75, 3.05) is 53.3 Å². The molecule has 13 heteroatoms. The number of halogens is 1. The number of anilines is 1. The molecule has 0 fully saturated rings. The van der Waals surface area contributed by atoms with Gasteiger partial charge in [-0.2, -0.15) is 0 Å². The Morgan fingerprint density at radius 1 is 1.00 bits per heavy atom. The van der Waals surface area contributed by atoms with Crippen LogP contribution in [0.25, 0.3) is 0 Å². The fraction of sp³-hybridized carbons (Fsp3) is 0.296. The molecule has 4 rings (SSSR count). The molecule has 0 saturated heterocycles. The lowest BCUT2D eigenvalue weighted by molar-refractivity contribution is -0.133. The normalized spacial score (nSPS) is 16.6. The van der Waals surface area contributed by atoms with Crippen LogP contribution in [0.4, 0.5) is 5.69 Å². The molecule has 1 atom stereocenters. The van der Waals surface area contributed by atoms with Crippen LogP contribution in [0.1, 0.15) is 11.1 Å². The summed E-state index contributed by atoms with van der Waals surface area (Å²) < 4.78 is 45.4. The van der Waals surface area contributed by atoms with Crippen LogP contribution in [0.3, 0.4) is 0 Å². The number of carbonyl (C=O) groups is 2. The Labute approximate surface area is 237 Å². The highest BCUT2D eigenvalue weighted by atomic mass is 35.5. The molecule has 3 aromatic rings. The van der Waals surface area contributed by atoms with Gasteiger partial charge in [0, 0.05) is 42.5 Å². The monoisotopic (exact) mass is 588 g/mol. The Kier molecular flexibility index (Phi) is 7.97. The third kappa shape index (κ3) is 4.51. The van der Waals surface area contributed by atoms with Crippen molar-refractivity contribution >= 4 is 39.1 Å². The number of ether oxygens (including phenoxy) is 3. The Morgan fingerprint density at radius 2 is 1.73 bits per heavy atom. The van der Waals surface area contributed by atoms with E-state index in [0.717, 1.165) is 0 Å². The zero-order valence-corrected chi connectivity index (χ0v) is 24.4. The minimum atomic E-state index is -4.58. The van der Waals surface area contributed by atoms with Crippen LogP contribution in [0.15, 0.2) is 59.6 Å². The number of aromatic nitrogens is 1. The zero-order chi connectivity index (χ0) is 29.4. The van der Waals surface area contributed by atoms with Gasteiger partial charge in [-0.3, -0.25) is 14.5 Å². The third-order valence-electron chi connectivity index (χ3n) is 6.75. The van der Waals surface area contributed by atoms with E-state index in [4.69, 9.17) is 25.8 Å². The maximum atomic E-state index is 14.8. The van der Waals surface area contributed by atoms with Gasteiger partial charge in [-0.1, -0.05) is 11.6 Å². The Bertz CT molecular complexity index is 1580. The first-order valence-corrected chi connectivity index (χ1v) is 13.8. The van der Waals surface area contributed by atoms with E-state index in [-0.39, 0.29) is 50.8 Å². The number of hydrogen-bond acceptors (Lipinski definition) is 9. The van der Waals surface area contributed by atoms with Gasteiger partial charge < -0.3 is 19.1 Å². The van der Waals surface area contributed by atoms with Crippen LogP contribution in [0.5, 0.6) is 17.4 Å². The highest BCUT2D eigenvalue weighted by molar-refractivity contribution is 7.93. The predicted molar refractivity (Wildman–Crippen MR) is 149 cm³/mol. The van der Waals surface area contributed by atoms with Gasteiger partial charge in [0.25, 0.3) is 15.9 Å². The molecule has 0 radical (unpaired) electrons. The van der Waals surface area contributed by atoms with Gasteiger partial charge in [0.15, 0.2) is 5.54 Å². The van der Waals surface area contributed by atoms with Crippen LogP contribution in [-0.4, -0.2) is 84.0 Å². The molecule has 0 N–H and O–H groups in total. The van der Waals surface area contributed by atoms with Gasteiger partial charge in [0.2, 0.25) is 11.8 Å². The van der Waals surface area contributed by atoms with Gasteiger partial charge in [-0.25, -0.2) is 17.7 Å². The fourth-order valence-electron chi connectivity index (χ4n) is 4.80. The number of sulfonamides is 1. The van der Waals surface area contributed by atoms with Crippen molar-refractivity contribution in [2.45, 2.75) is 10.4 Å². The number of rotatable bonds is 9. The van der Waals surface area contributed by atoms with Crippen LogP contribution in [-0.2, 0) is 25.2 Å². The molecule has 2 heterocycles. The molecule has 1 aromatic heterocycles. The van der Waals surface area contributed by atoms with E-state index in [2.05, 4.69) is 4.98 Å². The average Bonchev–Trinajstić information content (AvgIpc) is 3.20. The molecular weight excluding hydrogens is 560 g/mol. The number of amides is 2. The van der Waals surface area contributed by atoms with Gasteiger partial charge in [-0.05, 0) is 49.5 Å². The Hall–Kier alpha value is -3.87. The topological polar surface area (TPSA) is 119 Å². The molecule has 2 amide bonds. The van der Waals surface area contributed by atoms with Gasteiger partial charge in [-0.15, -0.1) is 0 Å². The standard InChI is InChI=1S/C27H29ClN4O7S/c1-30(2)24(33)16-31(3)27(19-8-7-13-29-25(19)39-6)20-14-17(28)9-11-21(20)32(26(27)34)40(35,36)23-12-10-18(37-4)15-22(23)38-5/h7-15H,16H2,1-6H3. The molecule has 11 nitrogen and oxygen atoms in total. The van der Waals surface area contributed by atoms with E-state index in [9.17, 15) is 18.0 Å². The van der Waals surface area contributed by atoms with Crippen molar-refractivity contribution in [1.82, 2.24) is 14.8 Å². The van der Waals surface area contributed by atoms with E-state index >= 15 is 0 Å². The molecule has 0 bridgehead atoms. The summed E-state index contributed by atoms with van der Waals surface area (Å²) in [6, 6.07) is 11.8. The van der Waals surface area contributed by atoms with Crippen molar-refractivity contribution in [1.29, 1.82) is 0 Å². The summed E-state index contributed by atoms with van der Waals surface area (Å²) in [5, 5.41) is 0.257. The predicted octanol–water partition coefficient (Wildman–Crippen LogP) is 2.76. The van der Waals surface area contributed by atoms with Crippen LogP contribution in [0, 0.1) is 0 Å². The van der Waals surface area contributed by atoms with Gasteiger partial charge in [0.1, 0.15) is 16.4 Å². The number of likely N-dealkylation sites (N-methyl/N-ethyl adjacent to an activating group) is 2. The molecule has 1 aliphatic rings. The van der Waals surface area contributed by atoms with Crippen LogP contribution < -0.4 is 18.5 Å². The minimum Gasteiger partial charge on any atom is -0.497 e. The smallest absolute Gasteiger partial charge is 0.274 e. The highest BCUT2D eigenvalue weighted by Crippen LogP contribution is 2.52. The third-order valence-corrected chi connectivity index (χ3v) is 8.72. The summed E-state index contributed by atoms with van der Waals surface area (Å²) in [7, 11) is 4.29. The van der Waals surface area contributed by atoms with Crippen molar-refractivity contribution in [3.8, 4) is 17.4 Å². The van der Waals surface area contributed by atoms with Crippen molar-refractivity contribution in [2.24, 2.45) is 0 Å². The molecule has 0 spiro atoms. The quantitative estimate of drug-likeness (QED) is 0.372. The number of pyridine rings is 1. The van der Waals surface area contributed by atoms with Crippen molar-refractivity contribution in [3.05, 3.63) is 70.9 Å². The van der Waals surface area contributed by atoms with E-state index in [1.165, 1.54) is 73.7 Å². The number of carbonyl (C=O) groups excluding carboxylic acids is 2. The molecular formula is C27H29ClN4O7S. The first kappa shape index (κ1) is 29.1. The van der Waals surface area contributed by atoms with Crippen molar-refractivity contribution < 1.29 is 32.2 Å². The summed E-state index contributed by atoms with van der Waals surface area (Å²) in [6.45, 7) is -0.248. The molecule has 212 valence electrons. The summed E-state index contributed by atoms with van der Waals surface area (Å²) in [6.07, 6.45) is 1.48. The van der Waals surface area contributed by atoms with Crippen molar-refractivity contribution in [3.63, 3.8) is 0 Å². The van der Waals surface area contributed by atoms with E-state index in [1.807, 2.05) is 0 Å². The largest absolute Gasteiger partial charge is 0.497 e. The van der Waals surface area contributed by atoms with E-state index in [0.29, 0.717) is 10.1 Å². The first-order chi connectivity index (χ1) is 18.9. The average molecular weight is 589 g/mol. The number of methoxy groups -OCH3 is 3. The SMILES string of the molecule is COc1ccc(S(=O)(=O)N2C(=O)C(c3cccnc3OC)(N(C)CC(=O)N(C)C)c3cc(Cl)ccc32)c(OC)c1. The van der Waals surface area contributed by atoms with E-state index in [1.54, 1.807) is 33.3 Å². The van der Waals surface area contributed by atoms with Crippen LogP contribution >= 0.6 is 11.6 Å². The number of fused-ring (bicyclic) bond motifs is 1. The minimum absolute atomic E-state index is 0.0183. The lowest BCUT2D eigenvalue weighted by Gasteiger charge is -2.38. The summed E-state index contributed by atoms with van der Waals surface area (Å²) >= 11 is 6.43. The molecule has 2 aromatic carbocycles. The Morgan fingerprint density at radius 3 is 2.35 bits per heavy atom. The second-order valence-corrected chi connectivity index (χ2v) is 11.4. The second kappa shape index (κ2) is 11.0. The van der Waals surface area contributed by atoms with Gasteiger partial charge >= 0.3 is 0 Å². The molecule has 1 unspecified atom stereocenters. The summed E-state index contributed by atoms with van der Waals surface area (Å²) in [5.74, 6) is -0.767. The maximum absolute atomic E-state index is 14.8. The molecule has 0 aliphatic carbocycles. The fourth-order valence-corrected chi connectivity index (χ4v) is 6.57. The highest BCUT2D eigenvalue weighted by Gasteiger charge is 2.60. The zero-order valence-electron chi connectivity index (χ0n) is 22.8. The lowest BCUT2D eigenvalue weighted by Crippen LogP contribution is -2.55. The second-order valence-electron chi connectivity index (χ2n) is 9.17.